The Morgan fingerprint density at radius 2 is 2.18 bits per heavy atom. The highest BCUT2D eigenvalue weighted by Crippen LogP contribution is 2.31. The average Bonchev–Trinajstić information content (AvgIpc) is 2.83. The lowest BCUT2D eigenvalue weighted by molar-refractivity contribution is -0.151. The second-order valence-corrected chi connectivity index (χ2v) is 5.24. The summed E-state index contributed by atoms with van der Waals surface area (Å²) >= 11 is 0. The lowest BCUT2D eigenvalue weighted by Crippen LogP contribution is -2.46. The smallest absolute Gasteiger partial charge is 0.308 e. The van der Waals surface area contributed by atoms with Gasteiger partial charge in [0.2, 0.25) is 0 Å². The molecule has 1 saturated heterocycles. The second-order valence-electron chi connectivity index (χ2n) is 5.24. The van der Waals surface area contributed by atoms with Gasteiger partial charge in [-0.25, -0.2) is 0 Å². The molecule has 0 bridgehead atoms. The standard InChI is InChI=1S/C13H23NO3/c1-14-13(6-3-2-4-7-13)9-12(15)17-11-5-8-16-10-11/h11,14H,2-10H2,1H3. The normalized spacial score (nSPS) is 27.9. The predicted molar refractivity (Wildman–Crippen MR) is 64.8 cm³/mol. The Bertz CT molecular complexity index is 255. The van der Waals surface area contributed by atoms with Gasteiger partial charge in [-0.2, -0.15) is 0 Å². The first-order valence-corrected chi connectivity index (χ1v) is 6.70. The number of carbonyl (C=O) groups is 1. The van der Waals surface area contributed by atoms with E-state index in [0.717, 1.165) is 25.9 Å². The van der Waals surface area contributed by atoms with E-state index in [2.05, 4.69) is 5.32 Å². The van der Waals surface area contributed by atoms with Crippen molar-refractivity contribution in [2.24, 2.45) is 0 Å². The van der Waals surface area contributed by atoms with Crippen LogP contribution < -0.4 is 5.32 Å². The predicted octanol–water partition coefficient (Wildman–Crippen LogP) is 1.63. The Balaban J connectivity index is 1.82. The fraction of sp³-hybridized carbons (Fsp3) is 0.923. The van der Waals surface area contributed by atoms with Crippen LogP contribution in [0.4, 0.5) is 0 Å². The van der Waals surface area contributed by atoms with Crippen LogP contribution >= 0.6 is 0 Å². The van der Waals surface area contributed by atoms with E-state index < -0.39 is 0 Å². The van der Waals surface area contributed by atoms with E-state index in [4.69, 9.17) is 9.47 Å². The van der Waals surface area contributed by atoms with Crippen LogP contribution in [0.15, 0.2) is 0 Å². The molecule has 4 nitrogen and oxygen atoms in total. The molecule has 2 rings (SSSR count). The first-order chi connectivity index (χ1) is 8.24. The van der Waals surface area contributed by atoms with Crippen LogP contribution in [0, 0.1) is 0 Å². The van der Waals surface area contributed by atoms with Gasteiger partial charge in [0.15, 0.2) is 0 Å². The van der Waals surface area contributed by atoms with E-state index in [1.807, 2.05) is 7.05 Å². The Morgan fingerprint density at radius 1 is 1.41 bits per heavy atom. The zero-order valence-electron chi connectivity index (χ0n) is 10.7. The molecule has 98 valence electrons. The molecule has 1 aliphatic carbocycles. The van der Waals surface area contributed by atoms with Gasteiger partial charge < -0.3 is 14.8 Å². The molecule has 1 saturated carbocycles. The van der Waals surface area contributed by atoms with Crippen molar-refractivity contribution in [1.82, 2.24) is 5.32 Å². The van der Waals surface area contributed by atoms with Gasteiger partial charge in [-0.1, -0.05) is 19.3 Å². The van der Waals surface area contributed by atoms with Crippen molar-refractivity contribution in [3.63, 3.8) is 0 Å². The van der Waals surface area contributed by atoms with Crippen LogP contribution in [0.1, 0.15) is 44.9 Å². The number of nitrogens with one attached hydrogen (secondary N) is 1. The molecule has 2 fully saturated rings. The Kier molecular flexibility index (Phi) is 4.40. The summed E-state index contributed by atoms with van der Waals surface area (Å²) in [6, 6.07) is 0. The molecule has 1 N–H and O–H groups in total. The minimum atomic E-state index is -0.0725. The SMILES string of the molecule is CNC1(CC(=O)OC2CCOC2)CCCCC1. The number of rotatable bonds is 4. The minimum Gasteiger partial charge on any atom is -0.460 e. The summed E-state index contributed by atoms with van der Waals surface area (Å²) in [7, 11) is 1.96. The fourth-order valence-electron chi connectivity index (χ4n) is 2.85. The fourth-order valence-corrected chi connectivity index (χ4v) is 2.85. The number of carbonyl (C=O) groups excluding carboxylic acids is 1. The van der Waals surface area contributed by atoms with Crippen LogP contribution in [0.5, 0.6) is 0 Å². The monoisotopic (exact) mass is 241 g/mol. The van der Waals surface area contributed by atoms with E-state index in [9.17, 15) is 4.79 Å². The van der Waals surface area contributed by atoms with Crippen LogP contribution in [-0.4, -0.2) is 37.9 Å². The van der Waals surface area contributed by atoms with Gasteiger partial charge >= 0.3 is 5.97 Å². The third-order valence-corrected chi connectivity index (χ3v) is 4.01. The summed E-state index contributed by atoms with van der Waals surface area (Å²) in [6.07, 6.45) is 7.20. The highest BCUT2D eigenvalue weighted by Gasteiger charge is 2.34. The summed E-state index contributed by atoms with van der Waals surface area (Å²) < 4.78 is 10.6. The Hall–Kier alpha value is -0.610. The first-order valence-electron chi connectivity index (χ1n) is 6.70. The molecule has 0 aromatic heterocycles. The van der Waals surface area contributed by atoms with E-state index in [1.54, 1.807) is 0 Å². The highest BCUT2D eigenvalue weighted by atomic mass is 16.6. The molecular weight excluding hydrogens is 218 g/mol. The molecule has 0 radical (unpaired) electrons. The van der Waals surface area contributed by atoms with Gasteiger partial charge in [-0.15, -0.1) is 0 Å². The van der Waals surface area contributed by atoms with Crippen LogP contribution in [0.2, 0.25) is 0 Å². The summed E-state index contributed by atoms with van der Waals surface area (Å²) in [4.78, 5) is 11.9. The second kappa shape index (κ2) is 5.83. The van der Waals surface area contributed by atoms with Gasteiger partial charge in [-0.05, 0) is 19.9 Å². The van der Waals surface area contributed by atoms with Crippen molar-refractivity contribution in [2.75, 3.05) is 20.3 Å². The maximum atomic E-state index is 11.9. The lowest BCUT2D eigenvalue weighted by Gasteiger charge is -2.36. The van der Waals surface area contributed by atoms with Crippen molar-refractivity contribution in [1.29, 1.82) is 0 Å². The molecule has 0 aromatic carbocycles. The van der Waals surface area contributed by atoms with Crippen molar-refractivity contribution >= 4 is 5.97 Å². The number of hydrogen-bond donors (Lipinski definition) is 1. The minimum absolute atomic E-state index is 0.0139. The first kappa shape index (κ1) is 12.8. The third-order valence-electron chi connectivity index (χ3n) is 4.01. The van der Waals surface area contributed by atoms with E-state index >= 15 is 0 Å². The molecular formula is C13H23NO3. The molecule has 17 heavy (non-hydrogen) atoms. The molecule has 2 aliphatic rings. The van der Waals surface area contributed by atoms with E-state index in [1.165, 1.54) is 19.3 Å². The van der Waals surface area contributed by atoms with Gasteiger partial charge in [0.1, 0.15) is 6.10 Å². The Morgan fingerprint density at radius 3 is 2.76 bits per heavy atom. The van der Waals surface area contributed by atoms with E-state index in [-0.39, 0.29) is 17.6 Å². The van der Waals surface area contributed by atoms with Crippen LogP contribution in [-0.2, 0) is 14.3 Å². The van der Waals surface area contributed by atoms with Gasteiger partial charge in [0.25, 0.3) is 0 Å². The molecule has 0 amide bonds. The highest BCUT2D eigenvalue weighted by molar-refractivity contribution is 5.71. The van der Waals surface area contributed by atoms with Crippen molar-refractivity contribution in [2.45, 2.75) is 56.6 Å². The molecule has 1 heterocycles. The number of esters is 1. The third kappa shape index (κ3) is 3.42. The summed E-state index contributed by atoms with van der Waals surface area (Å²) in [5, 5.41) is 3.34. The van der Waals surface area contributed by atoms with Crippen LogP contribution in [0.3, 0.4) is 0 Å². The number of ether oxygens (including phenoxy) is 2. The molecule has 1 atom stereocenters. The molecule has 0 spiro atoms. The van der Waals surface area contributed by atoms with Crippen LogP contribution in [0.25, 0.3) is 0 Å². The summed E-state index contributed by atoms with van der Waals surface area (Å²) in [5.41, 5.74) is -0.0191. The zero-order valence-corrected chi connectivity index (χ0v) is 10.7. The summed E-state index contributed by atoms with van der Waals surface area (Å²) in [5.74, 6) is -0.0725. The zero-order chi connectivity index (χ0) is 12.1. The topological polar surface area (TPSA) is 47.6 Å². The Labute approximate surface area is 103 Å². The number of hydrogen-bond acceptors (Lipinski definition) is 4. The molecule has 0 aromatic rings. The largest absolute Gasteiger partial charge is 0.460 e. The van der Waals surface area contributed by atoms with E-state index in [0.29, 0.717) is 13.0 Å². The van der Waals surface area contributed by atoms with Crippen molar-refractivity contribution in [3.8, 4) is 0 Å². The van der Waals surface area contributed by atoms with Gasteiger partial charge in [-0.3, -0.25) is 4.79 Å². The van der Waals surface area contributed by atoms with Crippen molar-refractivity contribution in [3.05, 3.63) is 0 Å². The summed E-state index contributed by atoms with van der Waals surface area (Å²) in [6.45, 7) is 1.29. The average molecular weight is 241 g/mol. The molecule has 4 heteroatoms. The maximum absolute atomic E-state index is 11.9. The quantitative estimate of drug-likeness (QED) is 0.760. The van der Waals surface area contributed by atoms with Crippen molar-refractivity contribution < 1.29 is 14.3 Å². The van der Waals surface area contributed by atoms with Gasteiger partial charge in [0, 0.05) is 12.0 Å². The lowest BCUT2D eigenvalue weighted by atomic mass is 9.79. The van der Waals surface area contributed by atoms with Gasteiger partial charge in [0.05, 0.1) is 19.6 Å². The molecule has 1 aliphatic heterocycles. The molecule has 1 unspecified atom stereocenters. The maximum Gasteiger partial charge on any atom is 0.308 e.